The van der Waals surface area contributed by atoms with E-state index in [-0.39, 0.29) is 11.6 Å². The van der Waals surface area contributed by atoms with Crippen LogP contribution in [0, 0.1) is 17.0 Å². The van der Waals surface area contributed by atoms with Gasteiger partial charge in [-0.05, 0) is 45.7 Å². The summed E-state index contributed by atoms with van der Waals surface area (Å²) in [7, 11) is 0. The fraction of sp³-hybridized carbons (Fsp3) is 0.500. The predicted molar refractivity (Wildman–Crippen MR) is 76.7 cm³/mol. The highest BCUT2D eigenvalue weighted by Crippen LogP contribution is 2.27. The lowest BCUT2D eigenvalue weighted by Gasteiger charge is -2.33. The number of hydrogen-bond donors (Lipinski definition) is 2. The van der Waals surface area contributed by atoms with E-state index in [1.54, 1.807) is 19.1 Å². The topological polar surface area (TPSA) is 84.3 Å². The lowest BCUT2D eigenvalue weighted by atomic mass is 9.90. The number of nitrogens with one attached hydrogen (secondary N) is 2. The van der Waals surface area contributed by atoms with E-state index in [1.807, 2.05) is 6.92 Å². The Morgan fingerprint density at radius 2 is 2.20 bits per heavy atom. The first kappa shape index (κ1) is 14.5. The normalized spacial score (nSPS) is 22.3. The molecule has 6 nitrogen and oxygen atoms in total. The highest BCUT2D eigenvalue weighted by atomic mass is 16.6. The van der Waals surface area contributed by atoms with Crippen molar-refractivity contribution in [3.8, 4) is 0 Å². The molecule has 6 heteroatoms. The lowest BCUT2D eigenvalue weighted by Crippen LogP contribution is -2.54. The second-order valence-corrected chi connectivity index (χ2v) is 5.38. The summed E-state index contributed by atoms with van der Waals surface area (Å²) in [5, 5.41) is 16.9. The summed E-state index contributed by atoms with van der Waals surface area (Å²) in [5.74, 6) is -0.138. The van der Waals surface area contributed by atoms with Gasteiger partial charge >= 0.3 is 0 Å². The van der Waals surface area contributed by atoms with Gasteiger partial charge in [-0.25, -0.2) is 0 Å². The third-order valence-electron chi connectivity index (χ3n) is 3.87. The molecule has 1 aromatic carbocycles. The van der Waals surface area contributed by atoms with Crippen molar-refractivity contribution < 1.29 is 9.72 Å². The molecule has 1 heterocycles. The number of benzene rings is 1. The molecule has 1 aromatic rings. The lowest BCUT2D eigenvalue weighted by molar-refractivity contribution is -0.385. The van der Waals surface area contributed by atoms with Crippen LogP contribution in [0.4, 0.5) is 11.4 Å². The van der Waals surface area contributed by atoms with Crippen molar-refractivity contribution in [1.29, 1.82) is 0 Å². The first-order valence-electron chi connectivity index (χ1n) is 6.74. The first-order chi connectivity index (χ1) is 9.44. The summed E-state index contributed by atoms with van der Waals surface area (Å²) in [6.45, 7) is 4.33. The monoisotopic (exact) mass is 277 g/mol. The predicted octanol–water partition coefficient (Wildman–Crippen LogP) is 2.37. The number of amides is 1. The molecule has 1 amide bonds. The average Bonchev–Trinajstić information content (AvgIpc) is 2.41. The van der Waals surface area contributed by atoms with Crippen molar-refractivity contribution in [3.05, 3.63) is 33.9 Å². The maximum absolute atomic E-state index is 12.4. The van der Waals surface area contributed by atoms with Gasteiger partial charge < -0.3 is 10.6 Å². The fourth-order valence-corrected chi connectivity index (χ4v) is 2.47. The fourth-order valence-electron chi connectivity index (χ4n) is 2.47. The molecule has 1 unspecified atom stereocenters. The van der Waals surface area contributed by atoms with Crippen LogP contribution in [0.15, 0.2) is 18.2 Å². The Kier molecular flexibility index (Phi) is 4.04. The van der Waals surface area contributed by atoms with E-state index in [0.29, 0.717) is 11.3 Å². The summed E-state index contributed by atoms with van der Waals surface area (Å²) in [5.41, 5.74) is 0.391. The molecule has 0 saturated carbocycles. The van der Waals surface area contributed by atoms with Gasteiger partial charge in [0.25, 0.3) is 5.69 Å². The SMILES string of the molecule is Cc1c(NC(=O)C2(C)CCCCN2)cccc1[N+](=O)[O-]. The first-order valence-corrected chi connectivity index (χ1v) is 6.74. The summed E-state index contributed by atoms with van der Waals surface area (Å²) in [6.07, 6.45) is 2.84. The standard InChI is InChI=1S/C14H19N3O3/c1-10-11(6-5-7-12(10)17(19)20)16-13(18)14(2)8-3-4-9-15-14/h5-7,15H,3-4,8-9H2,1-2H3,(H,16,18). The quantitative estimate of drug-likeness (QED) is 0.656. The van der Waals surface area contributed by atoms with Crippen LogP contribution in [0.3, 0.4) is 0 Å². The molecule has 1 fully saturated rings. The van der Waals surface area contributed by atoms with Crippen LogP contribution in [-0.2, 0) is 4.79 Å². The molecular weight excluding hydrogens is 258 g/mol. The zero-order valence-electron chi connectivity index (χ0n) is 11.7. The Hall–Kier alpha value is -1.95. The Morgan fingerprint density at radius 1 is 1.45 bits per heavy atom. The highest BCUT2D eigenvalue weighted by Gasteiger charge is 2.34. The zero-order valence-corrected chi connectivity index (χ0v) is 11.7. The maximum Gasteiger partial charge on any atom is 0.274 e. The van der Waals surface area contributed by atoms with Gasteiger partial charge in [0.05, 0.1) is 21.7 Å². The molecule has 0 spiro atoms. The van der Waals surface area contributed by atoms with E-state index in [9.17, 15) is 14.9 Å². The molecule has 0 aliphatic carbocycles. The largest absolute Gasteiger partial charge is 0.324 e. The molecule has 20 heavy (non-hydrogen) atoms. The van der Waals surface area contributed by atoms with Crippen LogP contribution < -0.4 is 10.6 Å². The Morgan fingerprint density at radius 3 is 2.80 bits per heavy atom. The minimum Gasteiger partial charge on any atom is -0.324 e. The van der Waals surface area contributed by atoms with E-state index < -0.39 is 10.5 Å². The molecule has 2 rings (SSSR count). The smallest absolute Gasteiger partial charge is 0.274 e. The molecule has 1 saturated heterocycles. The minimum atomic E-state index is -0.602. The second kappa shape index (κ2) is 5.58. The number of rotatable bonds is 3. The average molecular weight is 277 g/mol. The summed E-state index contributed by atoms with van der Waals surface area (Å²) in [6, 6.07) is 4.70. The third kappa shape index (κ3) is 2.80. The Labute approximate surface area is 117 Å². The van der Waals surface area contributed by atoms with Crippen molar-refractivity contribution in [3.63, 3.8) is 0 Å². The van der Waals surface area contributed by atoms with Crippen LogP contribution >= 0.6 is 0 Å². The molecule has 108 valence electrons. The second-order valence-electron chi connectivity index (χ2n) is 5.38. The van der Waals surface area contributed by atoms with Crippen molar-refractivity contribution in [2.24, 2.45) is 0 Å². The molecule has 0 radical (unpaired) electrons. The van der Waals surface area contributed by atoms with Gasteiger partial charge in [0.15, 0.2) is 0 Å². The molecular formula is C14H19N3O3. The number of piperidine rings is 1. The van der Waals surface area contributed by atoms with Crippen molar-refractivity contribution >= 4 is 17.3 Å². The third-order valence-corrected chi connectivity index (χ3v) is 3.87. The number of hydrogen-bond acceptors (Lipinski definition) is 4. The summed E-state index contributed by atoms with van der Waals surface area (Å²) >= 11 is 0. The van der Waals surface area contributed by atoms with Crippen LogP contribution in [0.5, 0.6) is 0 Å². The van der Waals surface area contributed by atoms with E-state index in [2.05, 4.69) is 10.6 Å². The maximum atomic E-state index is 12.4. The zero-order chi connectivity index (χ0) is 14.8. The van der Waals surface area contributed by atoms with Gasteiger partial charge in [-0.3, -0.25) is 14.9 Å². The van der Waals surface area contributed by atoms with Crippen LogP contribution in [0.25, 0.3) is 0 Å². The molecule has 1 aliphatic heterocycles. The van der Waals surface area contributed by atoms with E-state index >= 15 is 0 Å². The molecule has 2 N–H and O–H groups in total. The van der Waals surface area contributed by atoms with Gasteiger partial charge in [0.2, 0.25) is 5.91 Å². The van der Waals surface area contributed by atoms with Crippen LogP contribution in [0.1, 0.15) is 31.7 Å². The number of nitrogens with zero attached hydrogens (tertiary/aromatic N) is 1. The Bertz CT molecular complexity index is 536. The van der Waals surface area contributed by atoms with Crippen LogP contribution in [0.2, 0.25) is 0 Å². The van der Waals surface area contributed by atoms with Gasteiger partial charge in [0.1, 0.15) is 0 Å². The van der Waals surface area contributed by atoms with Gasteiger partial charge in [-0.2, -0.15) is 0 Å². The highest BCUT2D eigenvalue weighted by molar-refractivity contribution is 5.98. The molecule has 1 aliphatic rings. The van der Waals surface area contributed by atoms with E-state index in [4.69, 9.17) is 0 Å². The summed E-state index contributed by atoms with van der Waals surface area (Å²) < 4.78 is 0. The van der Waals surface area contributed by atoms with Gasteiger partial charge in [-0.1, -0.05) is 6.07 Å². The minimum absolute atomic E-state index is 0.0181. The molecule has 0 bridgehead atoms. The number of carbonyl (C=O) groups is 1. The number of carbonyl (C=O) groups excluding carboxylic acids is 1. The van der Waals surface area contributed by atoms with Crippen molar-refractivity contribution in [2.75, 3.05) is 11.9 Å². The van der Waals surface area contributed by atoms with Crippen molar-refractivity contribution in [1.82, 2.24) is 5.32 Å². The summed E-state index contributed by atoms with van der Waals surface area (Å²) in [4.78, 5) is 22.8. The number of nitro groups is 1. The number of anilines is 1. The molecule has 1 atom stereocenters. The van der Waals surface area contributed by atoms with Crippen molar-refractivity contribution in [2.45, 2.75) is 38.6 Å². The van der Waals surface area contributed by atoms with Crippen LogP contribution in [-0.4, -0.2) is 22.9 Å². The molecule has 0 aromatic heterocycles. The van der Waals surface area contributed by atoms with E-state index in [1.165, 1.54) is 6.07 Å². The van der Waals surface area contributed by atoms with Gasteiger partial charge in [-0.15, -0.1) is 0 Å². The van der Waals surface area contributed by atoms with E-state index in [0.717, 1.165) is 25.8 Å². The number of nitro benzene ring substituents is 1. The van der Waals surface area contributed by atoms with Gasteiger partial charge in [0, 0.05) is 6.07 Å². The Balaban J connectivity index is 2.19.